The maximum absolute atomic E-state index is 5.33. The van der Waals surface area contributed by atoms with E-state index >= 15 is 0 Å². The highest BCUT2D eigenvalue weighted by atomic mass is 16.5. The minimum absolute atomic E-state index is 0.373. The van der Waals surface area contributed by atoms with Crippen LogP contribution in [0.4, 0.5) is 0 Å². The van der Waals surface area contributed by atoms with E-state index in [1.165, 1.54) is 16.7 Å². The van der Waals surface area contributed by atoms with Crippen LogP contribution in [0.1, 0.15) is 47.9 Å². The molecule has 0 atom stereocenters. The number of aromatic nitrogens is 1. The van der Waals surface area contributed by atoms with Crippen LogP contribution in [-0.2, 0) is 13.0 Å². The largest absolute Gasteiger partial charge is 0.359 e. The second kappa shape index (κ2) is 8.52. The normalized spacial score (nSPS) is 11.8. The van der Waals surface area contributed by atoms with Crippen molar-refractivity contribution < 1.29 is 4.52 Å². The van der Waals surface area contributed by atoms with Crippen LogP contribution in [0.3, 0.4) is 0 Å². The van der Waals surface area contributed by atoms with Crippen LogP contribution in [0.2, 0.25) is 0 Å². The molecule has 0 spiro atoms. The standard InChI is InChI=1S/C19H28N4O/c1-13(2)18-11-17(24-23-18)12-22-19(20-5)21-9-8-16-7-6-14(3)10-15(16)4/h6-7,10-11,13H,8-9,12H2,1-5H3,(H2,20,21,22). The number of hydrogen-bond acceptors (Lipinski definition) is 3. The van der Waals surface area contributed by atoms with Gasteiger partial charge in [0.1, 0.15) is 0 Å². The zero-order chi connectivity index (χ0) is 17.5. The number of aliphatic imine (C=N–C) groups is 1. The third-order valence-electron chi connectivity index (χ3n) is 4.01. The molecule has 0 unspecified atom stereocenters. The Kier molecular flexibility index (Phi) is 6.41. The minimum atomic E-state index is 0.373. The number of hydrogen-bond donors (Lipinski definition) is 2. The molecule has 0 fully saturated rings. The smallest absolute Gasteiger partial charge is 0.191 e. The van der Waals surface area contributed by atoms with Crippen molar-refractivity contribution in [3.63, 3.8) is 0 Å². The Morgan fingerprint density at radius 2 is 2.00 bits per heavy atom. The first-order valence-corrected chi connectivity index (χ1v) is 8.45. The molecule has 2 rings (SSSR count). The highest BCUT2D eigenvalue weighted by Gasteiger charge is 2.08. The molecule has 5 nitrogen and oxygen atoms in total. The summed E-state index contributed by atoms with van der Waals surface area (Å²) in [5, 5.41) is 10.7. The fourth-order valence-corrected chi connectivity index (χ4v) is 2.52. The van der Waals surface area contributed by atoms with Gasteiger partial charge in [0, 0.05) is 19.7 Å². The van der Waals surface area contributed by atoms with E-state index in [4.69, 9.17) is 4.52 Å². The summed E-state index contributed by atoms with van der Waals surface area (Å²) in [5.74, 6) is 1.95. The van der Waals surface area contributed by atoms with Gasteiger partial charge in [0.2, 0.25) is 0 Å². The SMILES string of the molecule is CN=C(NCCc1ccc(C)cc1C)NCc1cc(C(C)C)no1. The topological polar surface area (TPSA) is 62.5 Å². The van der Waals surface area contributed by atoms with Crippen LogP contribution >= 0.6 is 0 Å². The zero-order valence-electron chi connectivity index (χ0n) is 15.3. The maximum Gasteiger partial charge on any atom is 0.191 e. The van der Waals surface area contributed by atoms with Gasteiger partial charge in [-0.25, -0.2) is 0 Å². The summed E-state index contributed by atoms with van der Waals surface area (Å²) in [5.41, 5.74) is 4.97. The predicted octanol–water partition coefficient (Wildman–Crippen LogP) is 3.32. The van der Waals surface area contributed by atoms with E-state index in [1.807, 2.05) is 6.07 Å². The molecule has 24 heavy (non-hydrogen) atoms. The van der Waals surface area contributed by atoms with Gasteiger partial charge in [-0.1, -0.05) is 42.8 Å². The third-order valence-corrected chi connectivity index (χ3v) is 4.01. The lowest BCUT2D eigenvalue weighted by atomic mass is 10.0. The molecule has 0 saturated carbocycles. The van der Waals surface area contributed by atoms with Crippen molar-refractivity contribution in [2.75, 3.05) is 13.6 Å². The van der Waals surface area contributed by atoms with Crippen LogP contribution in [-0.4, -0.2) is 24.7 Å². The van der Waals surface area contributed by atoms with E-state index in [2.05, 4.69) is 66.7 Å². The molecule has 0 amide bonds. The number of aryl methyl sites for hydroxylation is 2. The van der Waals surface area contributed by atoms with Crippen molar-refractivity contribution in [1.82, 2.24) is 15.8 Å². The van der Waals surface area contributed by atoms with Crippen LogP contribution in [0.5, 0.6) is 0 Å². The molecule has 0 aliphatic heterocycles. The Bertz CT molecular complexity index is 688. The molecule has 0 bridgehead atoms. The van der Waals surface area contributed by atoms with Crippen molar-refractivity contribution in [1.29, 1.82) is 0 Å². The highest BCUT2D eigenvalue weighted by molar-refractivity contribution is 5.79. The lowest BCUT2D eigenvalue weighted by molar-refractivity contribution is 0.372. The Morgan fingerprint density at radius 3 is 2.62 bits per heavy atom. The summed E-state index contributed by atoms with van der Waals surface area (Å²) in [6.07, 6.45) is 0.965. The van der Waals surface area contributed by atoms with Crippen LogP contribution in [0.15, 0.2) is 33.8 Å². The minimum Gasteiger partial charge on any atom is -0.359 e. The molecule has 0 aliphatic carbocycles. The van der Waals surface area contributed by atoms with Gasteiger partial charge in [-0.15, -0.1) is 0 Å². The van der Waals surface area contributed by atoms with Crippen LogP contribution in [0.25, 0.3) is 0 Å². The predicted molar refractivity (Wildman–Crippen MR) is 98.4 cm³/mol. The summed E-state index contributed by atoms with van der Waals surface area (Å²) >= 11 is 0. The molecule has 0 radical (unpaired) electrons. The third kappa shape index (κ3) is 5.11. The van der Waals surface area contributed by atoms with Gasteiger partial charge < -0.3 is 15.2 Å². The van der Waals surface area contributed by atoms with E-state index in [1.54, 1.807) is 7.05 Å². The fourth-order valence-electron chi connectivity index (χ4n) is 2.52. The first kappa shape index (κ1) is 18.0. The Labute approximate surface area is 144 Å². The molecule has 2 N–H and O–H groups in total. The highest BCUT2D eigenvalue weighted by Crippen LogP contribution is 2.13. The summed E-state index contributed by atoms with van der Waals surface area (Å²) in [6, 6.07) is 8.56. The van der Waals surface area contributed by atoms with Crippen LogP contribution < -0.4 is 10.6 Å². The van der Waals surface area contributed by atoms with Crippen molar-refractivity contribution >= 4 is 5.96 Å². The van der Waals surface area contributed by atoms with Crippen molar-refractivity contribution in [3.8, 4) is 0 Å². The van der Waals surface area contributed by atoms with Gasteiger partial charge in [0.25, 0.3) is 0 Å². The summed E-state index contributed by atoms with van der Waals surface area (Å²) in [7, 11) is 1.77. The number of rotatable bonds is 6. The van der Waals surface area contributed by atoms with Gasteiger partial charge in [-0.05, 0) is 37.3 Å². The molecule has 5 heteroatoms. The van der Waals surface area contributed by atoms with Crippen molar-refractivity contribution in [3.05, 3.63) is 52.4 Å². The molecular weight excluding hydrogens is 300 g/mol. The second-order valence-corrected chi connectivity index (χ2v) is 6.41. The Morgan fingerprint density at radius 1 is 1.21 bits per heavy atom. The zero-order valence-corrected chi connectivity index (χ0v) is 15.3. The second-order valence-electron chi connectivity index (χ2n) is 6.41. The number of nitrogens with zero attached hydrogens (tertiary/aromatic N) is 2. The van der Waals surface area contributed by atoms with E-state index in [0.29, 0.717) is 12.5 Å². The van der Waals surface area contributed by atoms with E-state index < -0.39 is 0 Å². The monoisotopic (exact) mass is 328 g/mol. The van der Waals surface area contributed by atoms with Gasteiger partial charge in [-0.2, -0.15) is 0 Å². The summed E-state index contributed by atoms with van der Waals surface area (Å²) in [6.45, 7) is 9.88. The lowest BCUT2D eigenvalue weighted by Crippen LogP contribution is -2.37. The molecule has 1 aromatic heterocycles. The molecule has 0 aliphatic rings. The van der Waals surface area contributed by atoms with Crippen molar-refractivity contribution in [2.24, 2.45) is 4.99 Å². The van der Waals surface area contributed by atoms with Crippen molar-refractivity contribution in [2.45, 2.75) is 46.6 Å². The van der Waals surface area contributed by atoms with Gasteiger partial charge in [-0.3, -0.25) is 4.99 Å². The molecule has 1 heterocycles. The number of nitrogens with one attached hydrogen (secondary N) is 2. The molecule has 1 aromatic carbocycles. The summed E-state index contributed by atoms with van der Waals surface area (Å²) in [4.78, 5) is 4.25. The Hall–Kier alpha value is -2.30. The van der Waals surface area contributed by atoms with E-state index in [0.717, 1.165) is 30.4 Å². The average molecular weight is 328 g/mol. The Balaban J connectivity index is 1.79. The number of guanidine groups is 1. The average Bonchev–Trinajstić information content (AvgIpc) is 3.01. The van der Waals surface area contributed by atoms with E-state index in [9.17, 15) is 0 Å². The first-order valence-electron chi connectivity index (χ1n) is 8.45. The molecule has 2 aromatic rings. The molecule has 0 saturated heterocycles. The van der Waals surface area contributed by atoms with Gasteiger partial charge in [0.15, 0.2) is 11.7 Å². The van der Waals surface area contributed by atoms with E-state index in [-0.39, 0.29) is 0 Å². The van der Waals surface area contributed by atoms with Crippen LogP contribution in [0, 0.1) is 13.8 Å². The number of benzene rings is 1. The maximum atomic E-state index is 5.33. The molecular formula is C19H28N4O. The molecule has 130 valence electrons. The lowest BCUT2D eigenvalue weighted by Gasteiger charge is -2.12. The van der Waals surface area contributed by atoms with Gasteiger partial charge in [0.05, 0.1) is 12.2 Å². The summed E-state index contributed by atoms with van der Waals surface area (Å²) < 4.78 is 5.33. The van der Waals surface area contributed by atoms with Gasteiger partial charge >= 0.3 is 0 Å². The quantitative estimate of drug-likeness (QED) is 0.631. The first-order chi connectivity index (χ1) is 11.5. The fraction of sp³-hybridized carbons (Fsp3) is 0.474.